The van der Waals surface area contributed by atoms with Crippen molar-refractivity contribution in [2.75, 3.05) is 19.5 Å². The van der Waals surface area contributed by atoms with Crippen LogP contribution < -0.4 is 5.32 Å². The molecule has 0 aliphatic rings. The van der Waals surface area contributed by atoms with Crippen molar-refractivity contribution in [3.8, 4) is 0 Å². The van der Waals surface area contributed by atoms with Crippen molar-refractivity contribution in [1.82, 2.24) is 0 Å². The SMILES string of the molecule is COC(OC)(c1ccccc1)C(C)OC(=O)Nc1ccccc1Cl. The second-order valence-corrected chi connectivity index (χ2v) is 5.50. The smallest absolute Gasteiger partial charge is 0.412 e. The van der Waals surface area contributed by atoms with E-state index in [1.54, 1.807) is 31.2 Å². The monoisotopic (exact) mass is 349 g/mol. The highest BCUT2D eigenvalue weighted by molar-refractivity contribution is 6.33. The molecule has 0 aliphatic heterocycles. The Hall–Kier alpha value is -2.08. The van der Waals surface area contributed by atoms with Gasteiger partial charge in [0.25, 0.3) is 0 Å². The van der Waals surface area contributed by atoms with Crippen LogP contribution in [0.25, 0.3) is 0 Å². The molecule has 0 bridgehead atoms. The first-order valence-electron chi connectivity index (χ1n) is 7.41. The van der Waals surface area contributed by atoms with Crippen LogP contribution in [-0.4, -0.2) is 26.4 Å². The molecule has 0 aliphatic carbocycles. The predicted molar refractivity (Wildman–Crippen MR) is 93.2 cm³/mol. The molecule has 5 nitrogen and oxygen atoms in total. The summed E-state index contributed by atoms with van der Waals surface area (Å²) >= 11 is 6.03. The normalized spacial score (nSPS) is 12.5. The summed E-state index contributed by atoms with van der Waals surface area (Å²) in [6.07, 6.45) is -1.36. The number of rotatable bonds is 6. The summed E-state index contributed by atoms with van der Waals surface area (Å²) < 4.78 is 16.6. The van der Waals surface area contributed by atoms with E-state index >= 15 is 0 Å². The van der Waals surface area contributed by atoms with Crippen molar-refractivity contribution in [3.63, 3.8) is 0 Å². The first-order chi connectivity index (χ1) is 11.5. The van der Waals surface area contributed by atoms with Gasteiger partial charge in [-0.05, 0) is 19.1 Å². The highest BCUT2D eigenvalue weighted by atomic mass is 35.5. The number of carbonyl (C=O) groups is 1. The number of ether oxygens (including phenoxy) is 3. The molecule has 0 fully saturated rings. The first kappa shape index (κ1) is 18.3. The summed E-state index contributed by atoms with van der Waals surface area (Å²) in [6.45, 7) is 1.70. The van der Waals surface area contributed by atoms with Crippen LogP contribution in [0.4, 0.5) is 10.5 Å². The third-order valence-electron chi connectivity index (χ3n) is 3.71. The first-order valence-corrected chi connectivity index (χ1v) is 7.79. The van der Waals surface area contributed by atoms with Crippen molar-refractivity contribution < 1.29 is 19.0 Å². The molecule has 0 radical (unpaired) electrons. The van der Waals surface area contributed by atoms with E-state index in [2.05, 4.69) is 5.32 Å². The van der Waals surface area contributed by atoms with Gasteiger partial charge in [0.15, 0.2) is 6.10 Å². The second kappa shape index (κ2) is 8.15. The topological polar surface area (TPSA) is 56.8 Å². The van der Waals surface area contributed by atoms with E-state index in [-0.39, 0.29) is 0 Å². The maximum absolute atomic E-state index is 12.2. The summed E-state index contributed by atoms with van der Waals surface area (Å²) in [4.78, 5) is 12.2. The van der Waals surface area contributed by atoms with E-state index in [0.29, 0.717) is 10.7 Å². The number of benzene rings is 2. The highest BCUT2D eigenvalue weighted by Gasteiger charge is 2.41. The van der Waals surface area contributed by atoms with E-state index in [9.17, 15) is 4.79 Å². The number of hydrogen-bond acceptors (Lipinski definition) is 4. The van der Waals surface area contributed by atoms with Crippen molar-refractivity contribution in [2.45, 2.75) is 18.8 Å². The molecule has 128 valence electrons. The van der Waals surface area contributed by atoms with Crippen LogP contribution in [-0.2, 0) is 20.0 Å². The number of hydrogen-bond donors (Lipinski definition) is 1. The van der Waals surface area contributed by atoms with Gasteiger partial charge in [-0.25, -0.2) is 4.79 Å². The minimum absolute atomic E-state index is 0.426. The van der Waals surface area contributed by atoms with E-state index in [4.69, 9.17) is 25.8 Å². The van der Waals surface area contributed by atoms with Crippen LogP contribution in [0.3, 0.4) is 0 Å². The van der Waals surface area contributed by atoms with Gasteiger partial charge in [-0.3, -0.25) is 5.32 Å². The number of nitrogens with one attached hydrogen (secondary N) is 1. The van der Waals surface area contributed by atoms with Crippen molar-refractivity contribution >= 4 is 23.4 Å². The van der Waals surface area contributed by atoms with E-state index in [0.717, 1.165) is 5.56 Å². The fourth-order valence-corrected chi connectivity index (χ4v) is 2.68. The molecule has 24 heavy (non-hydrogen) atoms. The Bertz CT molecular complexity index is 674. The molecular weight excluding hydrogens is 330 g/mol. The third-order valence-corrected chi connectivity index (χ3v) is 4.04. The molecule has 6 heteroatoms. The summed E-state index contributed by atoms with van der Waals surface area (Å²) in [5, 5.41) is 3.03. The summed E-state index contributed by atoms with van der Waals surface area (Å²) in [6, 6.07) is 16.2. The van der Waals surface area contributed by atoms with Gasteiger partial charge in [0.2, 0.25) is 5.79 Å². The van der Waals surface area contributed by atoms with Crippen molar-refractivity contribution in [1.29, 1.82) is 0 Å². The number of anilines is 1. The second-order valence-electron chi connectivity index (χ2n) is 5.09. The lowest BCUT2D eigenvalue weighted by Crippen LogP contribution is -2.44. The zero-order valence-corrected chi connectivity index (χ0v) is 14.5. The minimum atomic E-state index is -1.21. The van der Waals surface area contributed by atoms with Crippen LogP contribution in [0.5, 0.6) is 0 Å². The average molecular weight is 350 g/mol. The fourth-order valence-electron chi connectivity index (χ4n) is 2.50. The Labute approximate surface area is 146 Å². The summed E-state index contributed by atoms with van der Waals surface area (Å²) in [5.74, 6) is -1.21. The number of amides is 1. The standard InChI is InChI=1S/C18H20ClNO4/c1-13(18(22-2,23-3)14-9-5-4-6-10-14)24-17(21)20-16-12-8-7-11-15(16)19/h4-13H,1-3H3,(H,20,21). The Morgan fingerprint density at radius 2 is 1.62 bits per heavy atom. The molecule has 2 rings (SSSR count). The van der Waals surface area contributed by atoms with Gasteiger partial charge >= 0.3 is 6.09 Å². The van der Waals surface area contributed by atoms with Gasteiger partial charge in [-0.15, -0.1) is 0 Å². The van der Waals surface area contributed by atoms with Gasteiger partial charge in [-0.2, -0.15) is 0 Å². The zero-order chi connectivity index (χ0) is 17.6. The Morgan fingerprint density at radius 1 is 1.04 bits per heavy atom. The molecule has 1 amide bonds. The van der Waals surface area contributed by atoms with Crippen LogP contribution in [0, 0.1) is 0 Å². The molecule has 2 aromatic carbocycles. The Balaban J connectivity index is 2.15. The van der Waals surface area contributed by atoms with Gasteiger partial charge in [0.1, 0.15) is 0 Å². The van der Waals surface area contributed by atoms with E-state index in [1.807, 2.05) is 30.3 Å². The Morgan fingerprint density at radius 3 is 2.21 bits per heavy atom. The van der Waals surface area contributed by atoms with E-state index in [1.165, 1.54) is 14.2 Å². The van der Waals surface area contributed by atoms with E-state index < -0.39 is 18.0 Å². The molecule has 0 saturated heterocycles. The zero-order valence-electron chi connectivity index (χ0n) is 13.8. The van der Waals surface area contributed by atoms with Crippen LogP contribution in [0.15, 0.2) is 54.6 Å². The number of halogens is 1. The molecule has 0 heterocycles. The van der Waals surface area contributed by atoms with Crippen LogP contribution in [0.2, 0.25) is 5.02 Å². The van der Waals surface area contributed by atoms with Crippen LogP contribution in [0.1, 0.15) is 12.5 Å². The van der Waals surface area contributed by atoms with Gasteiger partial charge in [-0.1, -0.05) is 54.1 Å². The molecule has 1 N–H and O–H groups in total. The third kappa shape index (κ3) is 3.87. The predicted octanol–water partition coefficient (Wildman–Crippen LogP) is 4.42. The molecule has 2 aromatic rings. The maximum atomic E-state index is 12.2. The largest absolute Gasteiger partial charge is 0.440 e. The quantitative estimate of drug-likeness (QED) is 0.784. The fraction of sp³-hybridized carbons (Fsp3) is 0.278. The number of para-hydroxylation sites is 1. The van der Waals surface area contributed by atoms with Gasteiger partial charge in [0, 0.05) is 19.8 Å². The Kier molecular flexibility index (Phi) is 6.20. The van der Waals surface area contributed by atoms with Crippen LogP contribution >= 0.6 is 11.6 Å². The van der Waals surface area contributed by atoms with Crippen molar-refractivity contribution in [2.24, 2.45) is 0 Å². The van der Waals surface area contributed by atoms with Gasteiger partial charge < -0.3 is 14.2 Å². The highest BCUT2D eigenvalue weighted by Crippen LogP contribution is 2.32. The average Bonchev–Trinajstić information content (AvgIpc) is 2.59. The lowest BCUT2D eigenvalue weighted by Gasteiger charge is -2.35. The molecular formula is C18H20ClNO4. The minimum Gasteiger partial charge on any atom is -0.440 e. The lowest BCUT2D eigenvalue weighted by atomic mass is 10.0. The molecule has 1 unspecified atom stereocenters. The maximum Gasteiger partial charge on any atom is 0.412 e. The molecule has 0 spiro atoms. The molecule has 1 atom stereocenters. The number of carbonyl (C=O) groups excluding carboxylic acids is 1. The summed E-state index contributed by atoms with van der Waals surface area (Å²) in [5.41, 5.74) is 1.21. The number of methoxy groups -OCH3 is 2. The lowest BCUT2D eigenvalue weighted by molar-refractivity contribution is -0.263. The van der Waals surface area contributed by atoms with Gasteiger partial charge in [0.05, 0.1) is 10.7 Å². The molecule has 0 aromatic heterocycles. The summed E-state index contributed by atoms with van der Waals surface area (Å²) in [7, 11) is 3.00. The molecule has 0 saturated carbocycles. The van der Waals surface area contributed by atoms with Crippen molar-refractivity contribution in [3.05, 3.63) is 65.2 Å².